The van der Waals surface area contributed by atoms with Crippen LogP contribution in [0, 0.1) is 16.7 Å². The second-order valence-corrected chi connectivity index (χ2v) is 8.17. The van der Waals surface area contributed by atoms with E-state index in [9.17, 15) is 18.0 Å². The van der Waals surface area contributed by atoms with Crippen LogP contribution < -0.4 is 5.01 Å². The molecule has 1 amide bonds. The van der Waals surface area contributed by atoms with E-state index in [1.165, 1.54) is 18.1 Å². The van der Waals surface area contributed by atoms with Gasteiger partial charge < -0.3 is 4.74 Å². The van der Waals surface area contributed by atoms with Gasteiger partial charge in [0.15, 0.2) is 11.5 Å². The summed E-state index contributed by atoms with van der Waals surface area (Å²) in [5.41, 5.74) is -2.47. The minimum absolute atomic E-state index is 0.141. The molecule has 0 saturated carbocycles. The number of hydrogen-bond acceptors (Lipinski definition) is 6. The summed E-state index contributed by atoms with van der Waals surface area (Å²) in [6.07, 6.45) is -5.53. The van der Waals surface area contributed by atoms with Gasteiger partial charge in [-0.15, -0.1) is 0 Å². The lowest BCUT2D eigenvalue weighted by Gasteiger charge is -2.37. The highest BCUT2D eigenvalue weighted by Crippen LogP contribution is 2.31. The van der Waals surface area contributed by atoms with Crippen molar-refractivity contribution in [1.82, 2.24) is 15.0 Å². The third-order valence-corrected chi connectivity index (χ3v) is 3.01. The first kappa shape index (κ1) is 22.5. The number of nitriles is 1. The van der Waals surface area contributed by atoms with Gasteiger partial charge in [-0.05, 0) is 26.2 Å². The first-order valence-corrected chi connectivity index (χ1v) is 8.14. The first-order chi connectivity index (χ1) is 12.0. The molecule has 0 unspecified atom stereocenters. The summed E-state index contributed by atoms with van der Waals surface area (Å²) in [4.78, 5) is 19.5. The molecule has 7 nitrogen and oxygen atoms in total. The average Bonchev–Trinajstić information content (AvgIpc) is 2.48. The van der Waals surface area contributed by atoms with Gasteiger partial charge in [0.05, 0.1) is 0 Å². The van der Waals surface area contributed by atoms with Gasteiger partial charge in [0.2, 0.25) is 5.82 Å². The van der Waals surface area contributed by atoms with Crippen molar-refractivity contribution >= 4 is 11.9 Å². The Morgan fingerprint density at radius 3 is 2.15 bits per heavy atom. The standard InChI is InChI=1S/C17H24F3N5O2/c1-15(2,3)10-25(24(7)14(26)27-16(4,5)6)13-8-11(17(18,19)20)22-12(9-21)23-13/h8H,10H2,1-7H3. The van der Waals surface area contributed by atoms with Crippen LogP contribution in [0.2, 0.25) is 0 Å². The van der Waals surface area contributed by atoms with Crippen molar-refractivity contribution in [3.05, 3.63) is 17.6 Å². The Balaban J connectivity index is 3.44. The Morgan fingerprint density at radius 1 is 1.19 bits per heavy atom. The molecule has 0 atom stereocenters. The van der Waals surface area contributed by atoms with Crippen molar-refractivity contribution in [3.8, 4) is 6.07 Å². The third kappa shape index (κ3) is 6.92. The van der Waals surface area contributed by atoms with Crippen LogP contribution in [0.1, 0.15) is 53.1 Å². The summed E-state index contributed by atoms with van der Waals surface area (Å²) >= 11 is 0. The zero-order chi connectivity index (χ0) is 21.2. The fourth-order valence-corrected chi connectivity index (χ4v) is 1.98. The van der Waals surface area contributed by atoms with Crippen LogP contribution in [0.3, 0.4) is 0 Å². The van der Waals surface area contributed by atoms with Gasteiger partial charge in [0.1, 0.15) is 11.7 Å². The molecule has 150 valence electrons. The predicted octanol–water partition coefficient (Wildman–Crippen LogP) is 4.00. The van der Waals surface area contributed by atoms with Crippen molar-refractivity contribution in [2.75, 3.05) is 18.6 Å². The average molecular weight is 387 g/mol. The van der Waals surface area contributed by atoms with Crippen molar-refractivity contribution < 1.29 is 22.7 Å². The molecular formula is C17H24F3N5O2. The van der Waals surface area contributed by atoms with Crippen LogP contribution in [0.25, 0.3) is 0 Å². The smallest absolute Gasteiger partial charge is 0.433 e. The van der Waals surface area contributed by atoms with E-state index in [1.807, 2.05) is 20.8 Å². The van der Waals surface area contributed by atoms with E-state index < -0.39 is 34.8 Å². The van der Waals surface area contributed by atoms with E-state index >= 15 is 0 Å². The maximum atomic E-state index is 13.1. The van der Waals surface area contributed by atoms with Gasteiger partial charge in [-0.3, -0.25) is 5.01 Å². The number of anilines is 1. The Hall–Kier alpha value is -2.57. The molecule has 1 heterocycles. The lowest BCUT2D eigenvalue weighted by atomic mass is 9.96. The lowest BCUT2D eigenvalue weighted by Crippen LogP contribution is -2.50. The van der Waals surface area contributed by atoms with E-state index in [0.717, 1.165) is 5.01 Å². The maximum absolute atomic E-state index is 13.1. The molecule has 0 aliphatic rings. The quantitative estimate of drug-likeness (QED) is 0.729. The number of carbonyl (C=O) groups excluding carboxylic acids is 1. The number of ether oxygens (including phenoxy) is 1. The molecule has 0 bridgehead atoms. The minimum atomic E-state index is -4.76. The van der Waals surface area contributed by atoms with Crippen LogP contribution in [-0.2, 0) is 10.9 Å². The number of amides is 1. The fraction of sp³-hybridized carbons (Fsp3) is 0.647. The highest BCUT2D eigenvalue weighted by molar-refractivity contribution is 5.70. The summed E-state index contributed by atoms with van der Waals surface area (Å²) in [7, 11) is 1.36. The van der Waals surface area contributed by atoms with E-state index in [0.29, 0.717) is 6.07 Å². The first-order valence-electron chi connectivity index (χ1n) is 8.14. The maximum Gasteiger partial charge on any atom is 0.433 e. The number of carbonyl (C=O) groups is 1. The lowest BCUT2D eigenvalue weighted by molar-refractivity contribution is -0.141. The van der Waals surface area contributed by atoms with Crippen molar-refractivity contribution in [1.29, 1.82) is 5.26 Å². The summed E-state index contributed by atoms with van der Waals surface area (Å²) in [6.45, 7) is 10.7. The molecule has 1 aromatic rings. The monoisotopic (exact) mass is 387 g/mol. The molecule has 0 N–H and O–H groups in total. The van der Waals surface area contributed by atoms with E-state index in [1.54, 1.807) is 20.8 Å². The highest BCUT2D eigenvalue weighted by atomic mass is 19.4. The van der Waals surface area contributed by atoms with Gasteiger partial charge in [-0.25, -0.2) is 14.8 Å². The number of alkyl halides is 3. The van der Waals surface area contributed by atoms with Crippen LogP contribution in [-0.4, -0.2) is 40.3 Å². The molecule has 0 aromatic carbocycles. The van der Waals surface area contributed by atoms with Crippen LogP contribution >= 0.6 is 0 Å². The number of hydrogen-bond donors (Lipinski definition) is 0. The molecule has 10 heteroatoms. The summed E-state index contributed by atoms with van der Waals surface area (Å²) in [5.74, 6) is -0.867. The van der Waals surface area contributed by atoms with Crippen LogP contribution in [0.5, 0.6) is 0 Å². The van der Waals surface area contributed by atoms with Crippen LogP contribution in [0.4, 0.5) is 23.8 Å². The zero-order valence-corrected chi connectivity index (χ0v) is 16.5. The fourth-order valence-electron chi connectivity index (χ4n) is 1.98. The number of hydrazine groups is 1. The molecule has 27 heavy (non-hydrogen) atoms. The normalized spacial score (nSPS) is 12.3. The SMILES string of the molecule is CN(C(=O)OC(C)(C)C)N(CC(C)(C)C)c1cc(C(F)(F)F)nc(C#N)n1. The molecular weight excluding hydrogens is 363 g/mol. The van der Waals surface area contributed by atoms with Gasteiger partial charge >= 0.3 is 12.3 Å². The zero-order valence-electron chi connectivity index (χ0n) is 16.5. The van der Waals surface area contributed by atoms with Crippen molar-refractivity contribution in [2.24, 2.45) is 5.41 Å². The van der Waals surface area contributed by atoms with E-state index in [-0.39, 0.29) is 12.4 Å². The summed E-state index contributed by atoms with van der Waals surface area (Å²) < 4.78 is 44.7. The van der Waals surface area contributed by atoms with Gasteiger partial charge in [-0.2, -0.15) is 23.4 Å². The van der Waals surface area contributed by atoms with Gasteiger partial charge in [-0.1, -0.05) is 20.8 Å². The Labute approximate surface area is 156 Å². The minimum Gasteiger partial charge on any atom is -0.442 e. The Bertz CT molecular complexity index is 730. The molecule has 0 aliphatic heterocycles. The molecule has 0 spiro atoms. The molecule has 1 aromatic heterocycles. The molecule has 0 fully saturated rings. The molecule has 0 radical (unpaired) electrons. The Kier molecular flexibility index (Phi) is 6.31. The second kappa shape index (κ2) is 7.58. The number of aromatic nitrogens is 2. The largest absolute Gasteiger partial charge is 0.442 e. The summed E-state index contributed by atoms with van der Waals surface area (Å²) in [6, 6.07) is 2.22. The third-order valence-electron chi connectivity index (χ3n) is 3.01. The number of rotatable bonds is 3. The number of nitrogens with zero attached hydrogens (tertiary/aromatic N) is 5. The molecule has 0 aliphatic carbocycles. The second-order valence-electron chi connectivity index (χ2n) is 8.17. The topological polar surface area (TPSA) is 82.4 Å². The van der Waals surface area contributed by atoms with E-state index in [2.05, 4.69) is 9.97 Å². The molecule has 1 rings (SSSR count). The van der Waals surface area contributed by atoms with E-state index in [4.69, 9.17) is 10.00 Å². The van der Waals surface area contributed by atoms with Crippen molar-refractivity contribution in [2.45, 2.75) is 53.3 Å². The predicted molar refractivity (Wildman–Crippen MR) is 92.5 cm³/mol. The number of halogens is 3. The van der Waals surface area contributed by atoms with Gasteiger partial charge in [0, 0.05) is 19.7 Å². The van der Waals surface area contributed by atoms with Crippen LogP contribution in [0.15, 0.2) is 6.07 Å². The van der Waals surface area contributed by atoms with Gasteiger partial charge in [0.25, 0.3) is 0 Å². The van der Waals surface area contributed by atoms with Crippen molar-refractivity contribution in [3.63, 3.8) is 0 Å². The Morgan fingerprint density at radius 2 is 1.74 bits per heavy atom. The summed E-state index contributed by atoms with van der Waals surface area (Å²) in [5, 5.41) is 11.3. The highest BCUT2D eigenvalue weighted by Gasteiger charge is 2.36. The molecule has 0 saturated heterocycles.